The molecule has 0 aromatic carbocycles. The molecule has 2 heteroatoms. The summed E-state index contributed by atoms with van der Waals surface area (Å²) in [5, 5.41) is 0. The first-order valence-corrected chi connectivity index (χ1v) is 3.23. The average Bonchev–Trinajstić information content (AvgIpc) is 1.87. The summed E-state index contributed by atoms with van der Waals surface area (Å²) >= 11 is 0. The molecule has 0 aliphatic carbocycles. The largest absolute Gasteiger partial charge is 0.501 e. The molecule has 0 aliphatic rings. The van der Waals surface area contributed by atoms with Gasteiger partial charge in [0.1, 0.15) is 0 Å². The Morgan fingerprint density at radius 1 is 1.30 bits per heavy atom. The van der Waals surface area contributed by atoms with Crippen LogP contribution in [0.15, 0.2) is 23.1 Å². The lowest BCUT2D eigenvalue weighted by molar-refractivity contribution is 0.293. The zero-order valence-electron chi connectivity index (χ0n) is 7.06. The van der Waals surface area contributed by atoms with Crippen LogP contribution < -0.4 is 5.73 Å². The van der Waals surface area contributed by atoms with E-state index in [0.29, 0.717) is 0 Å². The molecule has 0 spiro atoms. The van der Waals surface area contributed by atoms with Crippen LogP contribution in [0.3, 0.4) is 0 Å². The molecule has 10 heavy (non-hydrogen) atoms. The molecule has 0 aliphatic heterocycles. The second-order valence-electron chi connectivity index (χ2n) is 2.33. The van der Waals surface area contributed by atoms with Crippen molar-refractivity contribution in [3.8, 4) is 0 Å². The third-order valence-corrected chi connectivity index (χ3v) is 1.36. The Morgan fingerprint density at radius 3 is 2.10 bits per heavy atom. The molecule has 0 amide bonds. The molecule has 0 saturated carbocycles. The quantitative estimate of drug-likeness (QED) is 0.470. The highest BCUT2D eigenvalue weighted by atomic mass is 16.5. The Kier molecular flexibility index (Phi) is 3.62. The van der Waals surface area contributed by atoms with Gasteiger partial charge in [-0.1, -0.05) is 0 Å². The van der Waals surface area contributed by atoms with E-state index in [4.69, 9.17) is 10.5 Å². The first kappa shape index (κ1) is 9.08. The van der Waals surface area contributed by atoms with Gasteiger partial charge in [0.25, 0.3) is 0 Å². The van der Waals surface area contributed by atoms with Crippen LogP contribution in [-0.4, -0.2) is 7.11 Å². The zero-order chi connectivity index (χ0) is 8.15. The van der Waals surface area contributed by atoms with Crippen LogP contribution in [0.5, 0.6) is 0 Å². The molecular weight excluding hydrogens is 126 g/mol. The van der Waals surface area contributed by atoms with E-state index in [-0.39, 0.29) is 0 Å². The number of rotatable bonds is 2. The monoisotopic (exact) mass is 141 g/mol. The first-order valence-electron chi connectivity index (χ1n) is 3.23. The number of allylic oxidation sites excluding steroid dienone is 4. The van der Waals surface area contributed by atoms with Gasteiger partial charge in [0.15, 0.2) is 0 Å². The van der Waals surface area contributed by atoms with Crippen LogP contribution >= 0.6 is 0 Å². The van der Waals surface area contributed by atoms with Gasteiger partial charge in [0.2, 0.25) is 0 Å². The molecule has 2 N–H and O–H groups in total. The maximum absolute atomic E-state index is 5.52. The fourth-order valence-electron chi connectivity index (χ4n) is 0.478. The van der Waals surface area contributed by atoms with Crippen molar-refractivity contribution in [1.29, 1.82) is 0 Å². The molecule has 0 aromatic heterocycles. The van der Waals surface area contributed by atoms with Crippen LogP contribution in [0.1, 0.15) is 20.8 Å². The molecule has 0 atom stereocenters. The zero-order valence-corrected chi connectivity index (χ0v) is 7.06. The highest BCUT2D eigenvalue weighted by molar-refractivity contribution is 5.21. The van der Waals surface area contributed by atoms with Gasteiger partial charge in [-0.3, -0.25) is 0 Å². The predicted molar refractivity (Wildman–Crippen MR) is 43.3 cm³/mol. The Bertz CT molecular complexity index is 164. The molecule has 58 valence electrons. The van der Waals surface area contributed by atoms with Crippen molar-refractivity contribution in [3.63, 3.8) is 0 Å². The van der Waals surface area contributed by atoms with Gasteiger partial charge < -0.3 is 10.5 Å². The SMILES string of the molecule is CO/C(C)=C/C(C)=C(\C)N. The molecule has 0 heterocycles. The van der Waals surface area contributed by atoms with Gasteiger partial charge in [-0.05, 0) is 32.4 Å². The summed E-state index contributed by atoms with van der Waals surface area (Å²) in [5.41, 5.74) is 7.40. The van der Waals surface area contributed by atoms with Gasteiger partial charge in [0, 0.05) is 5.70 Å². The van der Waals surface area contributed by atoms with Crippen molar-refractivity contribution >= 4 is 0 Å². The minimum Gasteiger partial charge on any atom is -0.501 e. The third-order valence-electron chi connectivity index (χ3n) is 1.36. The second kappa shape index (κ2) is 3.99. The number of nitrogens with two attached hydrogens (primary N) is 1. The van der Waals surface area contributed by atoms with Crippen LogP contribution in [0, 0.1) is 0 Å². The van der Waals surface area contributed by atoms with E-state index in [1.54, 1.807) is 7.11 Å². The molecule has 2 nitrogen and oxygen atoms in total. The summed E-state index contributed by atoms with van der Waals surface area (Å²) in [7, 11) is 1.64. The van der Waals surface area contributed by atoms with E-state index in [0.717, 1.165) is 17.0 Å². The van der Waals surface area contributed by atoms with Crippen LogP contribution in [0.2, 0.25) is 0 Å². The van der Waals surface area contributed by atoms with E-state index < -0.39 is 0 Å². The lowest BCUT2D eigenvalue weighted by atomic mass is 10.2. The van der Waals surface area contributed by atoms with Crippen molar-refractivity contribution in [2.24, 2.45) is 5.73 Å². The first-order chi connectivity index (χ1) is 4.57. The van der Waals surface area contributed by atoms with Gasteiger partial charge in [-0.15, -0.1) is 0 Å². The predicted octanol–water partition coefficient (Wildman–Crippen LogP) is 1.79. The summed E-state index contributed by atoms with van der Waals surface area (Å²) in [6, 6.07) is 0. The van der Waals surface area contributed by atoms with E-state index in [2.05, 4.69) is 0 Å². The van der Waals surface area contributed by atoms with Gasteiger partial charge in [-0.25, -0.2) is 0 Å². The Balaban J connectivity index is 4.27. The van der Waals surface area contributed by atoms with Crippen molar-refractivity contribution in [2.45, 2.75) is 20.8 Å². The molecule has 0 aromatic rings. The number of methoxy groups -OCH3 is 1. The molecule has 0 bridgehead atoms. The van der Waals surface area contributed by atoms with Crippen molar-refractivity contribution in [1.82, 2.24) is 0 Å². The van der Waals surface area contributed by atoms with E-state index in [1.165, 1.54) is 0 Å². The number of hydrogen-bond acceptors (Lipinski definition) is 2. The lowest BCUT2D eigenvalue weighted by Crippen LogP contribution is -1.94. The summed E-state index contributed by atoms with van der Waals surface area (Å²) in [5.74, 6) is 0.877. The van der Waals surface area contributed by atoms with Crippen molar-refractivity contribution < 1.29 is 4.74 Å². The van der Waals surface area contributed by atoms with Crippen LogP contribution in [0.4, 0.5) is 0 Å². The number of hydrogen-bond donors (Lipinski definition) is 1. The summed E-state index contributed by atoms with van der Waals surface area (Å²) in [4.78, 5) is 0. The molecule has 0 unspecified atom stereocenters. The highest BCUT2D eigenvalue weighted by Gasteiger charge is 1.89. The molecular formula is C8H15NO. The lowest BCUT2D eigenvalue weighted by Gasteiger charge is -1.99. The molecule has 0 fully saturated rings. The maximum atomic E-state index is 5.52. The molecule has 0 radical (unpaired) electrons. The smallest absolute Gasteiger partial charge is 0.0927 e. The van der Waals surface area contributed by atoms with Crippen LogP contribution in [-0.2, 0) is 4.74 Å². The molecule has 0 rings (SSSR count). The Morgan fingerprint density at radius 2 is 1.80 bits per heavy atom. The fraction of sp³-hybridized carbons (Fsp3) is 0.500. The van der Waals surface area contributed by atoms with Crippen molar-refractivity contribution in [3.05, 3.63) is 23.1 Å². The van der Waals surface area contributed by atoms with E-state index in [1.807, 2.05) is 26.8 Å². The minimum absolute atomic E-state index is 0.830. The van der Waals surface area contributed by atoms with Gasteiger partial charge >= 0.3 is 0 Å². The average molecular weight is 141 g/mol. The maximum Gasteiger partial charge on any atom is 0.0927 e. The topological polar surface area (TPSA) is 35.2 Å². The standard InChI is InChI=1S/C8H15NO/c1-6(8(3)9)5-7(2)10-4/h5H,9H2,1-4H3/b7-5+,8-6+. The summed E-state index contributed by atoms with van der Waals surface area (Å²) < 4.78 is 4.94. The van der Waals surface area contributed by atoms with Crippen LogP contribution in [0.25, 0.3) is 0 Å². The van der Waals surface area contributed by atoms with E-state index >= 15 is 0 Å². The minimum atomic E-state index is 0.830. The normalized spacial score (nSPS) is 14.6. The van der Waals surface area contributed by atoms with Gasteiger partial charge in [-0.2, -0.15) is 0 Å². The fourth-order valence-corrected chi connectivity index (χ4v) is 0.478. The Labute approximate surface area is 62.4 Å². The second-order valence-corrected chi connectivity index (χ2v) is 2.33. The van der Waals surface area contributed by atoms with Crippen molar-refractivity contribution in [2.75, 3.05) is 7.11 Å². The van der Waals surface area contributed by atoms with E-state index in [9.17, 15) is 0 Å². The third kappa shape index (κ3) is 3.17. The molecule has 0 saturated heterocycles. The Hall–Kier alpha value is -0.920. The number of ether oxygens (including phenoxy) is 1. The highest BCUT2D eigenvalue weighted by Crippen LogP contribution is 2.03. The summed E-state index contributed by atoms with van der Waals surface area (Å²) in [6.45, 7) is 5.72. The summed E-state index contributed by atoms with van der Waals surface area (Å²) in [6.07, 6.45) is 1.91. The van der Waals surface area contributed by atoms with Gasteiger partial charge in [0.05, 0.1) is 12.9 Å².